The van der Waals surface area contributed by atoms with E-state index in [4.69, 9.17) is 5.26 Å². The topological polar surface area (TPSA) is 96.7 Å². The lowest BCUT2D eigenvalue weighted by molar-refractivity contribution is -0.116. The Morgan fingerprint density at radius 1 is 1.27 bits per heavy atom. The Bertz CT molecular complexity index is 676. The Balaban J connectivity index is 2.05. The average molecular weight is 358 g/mol. The number of aromatic carboxylic acids is 1. The Kier molecular flexibility index (Phi) is 7.42. The van der Waals surface area contributed by atoms with E-state index in [2.05, 4.69) is 21.2 Å². The maximum atomic E-state index is 11.9. The van der Waals surface area contributed by atoms with Crippen LogP contribution in [0.25, 0.3) is 0 Å². The highest BCUT2D eigenvalue weighted by Crippen LogP contribution is 2.25. The average Bonchev–Trinajstić information content (AvgIpc) is 2.65. The third-order valence-electron chi connectivity index (χ3n) is 4.54. The molecule has 7 heteroatoms. The second-order valence-corrected chi connectivity index (χ2v) is 6.42. The molecule has 0 radical (unpaired) electrons. The van der Waals surface area contributed by atoms with Crippen LogP contribution in [0.3, 0.4) is 0 Å². The summed E-state index contributed by atoms with van der Waals surface area (Å²) in [6.45, 7) is 6.04. The van der Waals surface area contributed by atoms with E-state index in [1.165, 1.54) is 0 Å². The molecule has 1 heterocycles. The fourth-order valence-corrected chi connectivity index (χ4v) is 3.00. The van der Waals surface area contributed by atoms with Gasteiger partial charge in [0.25, 0.3) is 0 Å². The zero-order valence-corrected chi connectivity index (χ0v) is 15.2. The highest BCUT2D eigenvalue weighted by molar-refractivity contribution is 6.01. The SMILES string of the molecule is CCCCC(=O)Nc1ccc(N2CCN(CCC#N)CC2)cc1C(=O)O. The number of hydrogen-bond donors (Lipinski definition) is 2. The number of nitrogens with zero attached hydrogens (tertiary/aromatic N) is 3. The molecule has 1 fully saturated rings. The second kappa shape index (κ2) is 9.78. The van der Waals surface area contributed by atoms with E-state index in [0.717, 1.165) is 51.3 Å². The monoisotopic (exact) mass is 358 g/mol. The van der Waals surface area contributed by atoms with E-state index in [0.29, 0.717) is 18.5 Å². The molecule has 1 amide bonds. The predicted octanol–water partition coefficient (Wildman–Crippen LogP) is 2.55. The van der Waals surface area contributed by atoms with E-state index in [-0.39, 0.29) is 11.5 Å². The van der Waals surface area contributed by atoms with Gasteiger partial charge < -0.3 is 15.3 Å². The molecule has 140 valence electrons. The van der Waals surface area contributed by atoms with Crippen molar-refractivity contribution >= 4 is 23.3 Å². The molecule has 7 nitrogen and oxygen atoms in total. The molecule has 0 unspecified atom stereocenters. The molecule has 1 saturated heterocycles. The molecule has 2 N–H and O–H groups in total. The molecular formula is C19H26N4O3. The van der Waals surface area contributed by atoms with Gasteiger partial charge in [-0.05, 0) is 24.6 Å². The van der Waals surface area contributed by atoms with Crippen LogP contribution in [-0.4, -0.2) is 54.6 Å². The molecule has 0 spiro atoms. The smallest absolute Gasteiger partial charge is 0.337 e. The molecule has 1 aromatic carbocycles. The number of unbranched alkanes of at least 4 members (excludes halogenated alkanes) is 1. The molecule has 1 aromatic rings. The first-order valence-electron chi connectivity index (χ1n) is 9.06. The van der Waals surface area contributed by atoms with Crippen molar-refractivity contribution in [3.8, 4) is 6.07 Å². The molecule has 26 heavy (non-hydrogen) atoms. The van der Waals surface area contributed by atoms with Crippen molar-refractivity contribution < 1.29 is 14.7 Å². The lowest BCUT2D eigenvalue weighted by Crippen LogP contribution is -2.46. The maximum absolute atomic E-state index is 11.9. The van der Waals surface area contributed by atoms with Gasteiger partial charge in [-0.15, -0.1) is 0 Å². The maximum Gasteiger partial charge on any atom is 0.337 e. The van der Waals surface area contributed by atoms with Crippen LogP contribution >= 0.6 is 0 Å². The standard InChI is InChI=1S/C19H26N4O3/c1-2-3-5-18(24)21-17-7-6-15(14-16(17)19(25)26)23-12-10-22(11-13-23)9-4-8-20/h6-7,14H,2-5,9-13H2,1H3,(H,21,24)(H,25,26). The largest absolute Gasteiger partial charge is 0.478 e. The van der Waals surface area contributed by atoms with Crippen LogP contribution in [0.5, 0.6) is 0 Å². The van der Waals surface area contributed by atoms with Gasteiger partial charge in [0.1, 0.15) is 0 Å². The van der Waals surface area contributed by atoms with Crippen molar-refractivity contribution in [2.75, 3.05) is 42.9 Å². The van der Waals surface area contributed by atoms with Crippen LogP contribution < -0.4 is 10.2 Å². The number of carbonyl (C=O) groups excluding carboxylic acids is 1. The number of nitrogens with one attached hydrogen (secondary N) is 1. The van der Waals surface area contributed by atoms with E-state index < -0.39 is 5.97 Å². The summed E-state index contributed by atoms with van der Waals surface area (Å²) in [6, 6.07) is 7.31. The number of anilines is 2. The van der Waals surface area contributed by atoms with Crippen LogP contribution in [0.4, 0.5) is 11.4 Å². The molecule has 2 rings (SSSR count). The Hall–Kier alpha value is -2.59. The minimum absolute atomic E-state index is 0.110. The number of benzene rings is 1. The van der Waals surface area contributed by atoms with Crippen molar-refractivity contribution in [2.24, 2.45) is 0 Å². The van der Waals surface area contributed by atoms with Crippen LogP contribution in [0.2, 0.25) is 0 Å². The third kappa shape index (κ3) is 5.46. The van der Waals surface area contributed by atoms with Gasteiger partial charge in [-0.2, -0.15) is 5.26 Å². The number of amides is 1. The van der Waals surface area contributed by atoms with Crippen LogP contribution in [-0.2, 0) is 4.79 Å². The highest BCUT2D eigenvalue weighted by atomic mass is 16.4. The van der Waals surface area contributed by atoms with Gasteiger partial charge in [-0.3, -0.25) is 9.69 Å². The minimum atomic E-state index is -1.05. The van der Waals surface area contributed by atoms with Crippen LogP contribution in [0, 0.1) is 11.3 Å². The molecule has 1 aliphatic rings. The Morgan fingerprint density at radius 2 is 2.00 bits per heavy atom. The summed E-state index contributed by atoms with van der Waals surface area (Å²) >= 11 is 0. The summed E-state index contributed by atoms with van der Waals surface area (Å²) in [6.07, 6.45) is 2.61. The fraction of sp³-hybridized carbons (Fsp3) is 0.526. The molecule has 0 aromatic heterocycles. The van der Waals surface area contributed by atoms with Crippen molar-refractivity contribution in [3.63, 3.8) is 0 Å². The molecule has 0 atom stereocenters. The first-order chi connectivity index (χ1) is 12.5. The van der Waals surface area contributed by atoms with Gasteiger partial charge in [0.05, 0.1) is 17.3 Å². The number of piperazine rings is 1. The second-order valence-electron chi connectivity index (χ2n) is 6.42. The summed E-state index contributed by atoms with van der Waals surface area (Å²) in [5.74, 6) is -1.21. The van der Waals surface area contributed by atoms with Crippen molar-refractivity contribution in [1.82, 2.24) is 4.90 Å². The van der Waals surface area contributed by atoms with Gasteiger partial charge >= 0.3 is 5.97 Å². The normalized spacial score (nSPS) is 14.7. The lowest BCUT2D eigenvalue weighted by Gasteiger charge is -2.36. The van der Waals surface area contributed by atoms with E-state index in [9.17, 15) is 14.7 Å². The van der Waals surface area contributed by atoms with Crippen molar-refractivity contribution in [2.45, 2.75) is 32.6 Å². The number of nitriles is 1. The molecule has 0 saturated carbocycles. The van der Waals surface area contributed by atoms with Gasteiger partial charge in [0, 0.05) is 51.3 Å². The zero-order valence-electron chi connectivity index (χ0n) is 15.2. The summed E-state index contributed by atoms with van der Waals surface area (Å²) in [5, 5.41) is 20.9. The van der Waals surface area contributed by atoms with E-state index in [1.54, 1.807) is 12.1 Å². The van der Waals surface area contributed by atoms with Crippen molar-refractivity contribution in [3.05, 3.63) is 23.8 Å². The fourth-order valence-electron chi connectivity index (χ4n) is 3.00. The quantitative estimate of drug-likeness (QED) is 0.741. The van der Waals surface area contributed by atoms with Crippen LogP contribution in [0.15, 0.2) is 18.2 Å². The lowest BCUT2D eigenvalue weighted by atomic mass is 10.1. The number of carboxylic acid groups (broad SMARTS) is 1. The summed E-state index contributed by atoms with van der Waals surface area (Å²) in [5.41, 5.74) is 1.29. The molecule has 1 aliphatic heterocycles. The minimum Gasteiger partial charge on any atom is -0.478 e. The van der Waals surface area contributed by atoms with Crippen LogP contribution in [0.1, 0.15) is 43.0 Å². The van der Waals surface area contributed by atoms with Crippen molar-refractivity contribution in [1.29, 1.82) is 5.26 Å². The highest BCUT2D eigenvalue weighted by Gasteiger charge is 2.20. The van der Waals surface area contributed by atoms with E-state index >= 15 is 0 Å². The summed E-state index contributed by atoms with van der Waals surface area (Å²) < 4.78 is 0. The first kappa shape index (κ1) is 19.7. The third-order valence-corrected chi connectivity index (χ3v) is 4.54. The number of rotatable bonds is 8. The first-order valence-corrected chi connectivity index (χ1v) is 9.06. The Morgan fingerprint density at radius 3 is 2.62 bits per heavy atom. The number of hydrogen-bond acceptors (Lipinski definition) is 5. The zero-order chi connectivity index (χ0) is 18.9. The number of carboxylic acids is 1. The van der Waals surface area contributed by atoms with E-state index in [1.807, 2.05) is 13.0 Å². The van der Waals surface area contributed by atoms with Gasteiger partial charge in [-0.1, -0.05) is 13.3 Å². The number of carbonyl (C=O) groups is 2. The summed E-state index contributed by atoms with van der Waals surface area (Å²) in [7, 11) is 0. The molecular weight excluding hydrogens is 332 g/mol. The van der Waals surface area contributed by atoms with Gasteiger partial charge in [0.15, 0.2) is 0 Å². The summed E-state index contributed by atoms with van der Waals surface area (Å²) in [4.78, 5) is 27.9. The molecule has 0 aliphatic carbocycles. The van der Waals surface area contributed by atoms with Gasteiger partial charge in [-0.25, -0.2) is 4.79 Å². The molecule has 0 bridgehead atoms. The Labute approximate surface area is 154 Å². The van der Waals surface area contributed by atoms with Gasteiger partial charge in [0.2, 0.25) is 5.91 Å². The predicted molar refractivity (Wildman–Crippen MR) is 100 cm³/mol.